The third-order valence-electron chi connectivity index (χ3n) is 4.23. The Morgan fingerprint density at radius 3 is 2.88 bits per heavy atom. The van der Waals surface area contributed by atoms with Crippen molar-refractivity contribution >= 4 is 22.4 Å². The van der Waals surface area contributed by atoms with Gasteiger partial charge in [-0.05, 0) is 39.3 Å². The molecule has 1 aliphatic rings. The highest BCUT2D eigenvalue weighted by atomic mass is 32.1. The van der Waals surface area contributed by atoms with Crippen molar-refractivity contribution in [2.24, 2.45) is 0 Å². The first-order valence-corrected chi connectivity index (χ1v) is 9.27. The Kier molecular flexibility index (Phi) is 5.52. The van der Waals surface area contributed by atoms with Crippen LogP contribution in [0.1, 0.15) is 59.8 Å². The highest BCUT2D eigenvalue weighted by Gasteiger charge is 2.23. The lowest BCUT2D eigenvalue weighted by atomic mass is 10.1. The normalized spacial score (nSPS) is 15.6. The summed E-state index contributed by atoms with van der Waals surface area (Å²) in [5.74, 6) is -0.272. The van der Waals surface area contributed by atoms with Gasteiger partial charge in [0.05, 0.1) is 11.7 Å². The third kappa shape index (κ3) is 3.78. The van der Waals surface area contributed by atoms with E-state index >= 15 is 0 Å². The molecule has 1 saturated heterocycles. The van der Waals surface area contributed by atoms with Crippen LogP contribution in [0.3, 0.4) is 0 Å². The lowest BCUT2D eigenvalue weighted by molar-refractivity contribution is 0.102. The molecule has 0 radical (unpaired) electrons. The number of hydrogen-bond acceptors (Lipinski definition) is 7. The number of carbonyl (C=O) groups is 1. The molecule has 0 aromatic carbocycles. The molecule has 1 amide bonds. The molecule has 1 fully saturated rings. The second kappa shape index (κ2) is 7.80. The number of nitrogens with one attached hydrogen (secondary N) is 2. The van der Waals surface area contributed by atoms with E-state index in [1.165, 1.54) is 11.3 Å². The number of hydrogen-bond donors (Lipinski definition) is 2. The predicted molar refractivity (Wildman–Crippen MR) is 92.4 cm³/mol. The SMILES string of the molecule is CCCCc1nnc(NC(=O)c2nnn(C3CCNCC3)c2C)s1. The Morgan fingerprint density at radius 2 is 2.12 bits per heavy atom. The maximum absolute atomic E-state index is 12.5. The van der Waals surface area contributed by atoms with Crippen LogP contribution in [0.2, 0.25) is 0 Å². The molecule has 2 aromatic rings. The molecule has 0 spiro atoms. The molecule has 3 heterocycles. The maximum atomic E-state index is 12.5. The summed E-state index contributed by atoms with van der Waals surface area (Å²) in [4.78, 5) is 12.5. The van der Waals surface area contributed by atoms with Gasteiger partial charge in [0.15, 0.2) is 5.69 Å². The summed E-state index contributed by atoms with van der Waals surface area (Å²) >= 11 is 1.42. The van der Waals surface area contributed by atoms with Crippen molar-refractivity contribution in [2.45, 2.75) is 52.0 Å². The average molecular weight is 349 g/mol. The zero-order valence-corrected chi connectivity index (χ0v) is 14.9. The first kappa shape index (κ1) is 17.0. The molecule has 3 rings (SSSR count). The molecule has 0 unspecified atom stereocenters. The van der Waals surface area contributed by atoms with Gasteiger partial charge in [-0.1, -0.05) is 29.9 Å². The zero-order valence-electron chi connectivity index (χ0n) is 14.1. The van der Waals surface area contributed by atoms with Gasteiger partial charge in [-0.2, -0.15) is 0 Å². The summed E-state index contributed by atoms with van der Waals surface area (Å²) in [5, 5.41) is 24.0. The smallest absolute Gasteiger partial charge is 0.279 e. The van der Waals surface area contributed by atoms with Crippen LogP contribution in [0.15, 0.2) is 0 Å². The number of carbonyl (C=O) groups excluding carboxylic acids is 1. The van der Waals surface area contributed by atoms with Gasteiger partial charge in [0.2, 0.25) is 5.13 Å². The Balaban J connectivity index is 1.66. The van der Waals surface area contributed by atoms with Crippen LogP contribution in [0, 0.1) is 6.92 Å². The van der Waals surface area contributed by atoms with Gasteiger partial charge in [-0.15, -0.1) is 15.3 Å². The summed E-state index contributed by atoms with van der Waals surface area (Å²) in [6, 6.07) is 0.308. The number of piperidine rings is 1. The van der Waals surface area contributed by atoms with E-state index in [1.54, 1.807) is 0 Å². The quantitative estimate of drug-likeness (QED) is 0.827. The number of aromatic nitrogens is 5. The molecule has 9 heteroatoms. The number of rotatable bonds is 6. The number of anilines is 1. The molecular weight excluding hydrogens is 326 g/mol. The van der Waals surface area contributed by atoms with E-state index in [2.05, 4.69) is 38.1 Å². The van der Waals surface area contributed by atoms with E-state index in [0.29, 0.717) is 16.9 Å². The number of amides is 1. The van der Waals surface area contributed by atoms with Crippen molar-refractivity contribution in [1.82, 2.24) is 30.5 Å². The molecule has 0 saturated carbocycles. The van der Waals surface area contributed by atoms with E-state index in [4.69, 9.17) is 0 Å². The Bertz CT molecular complexity index is 690. The van der Waals surface area contributed by atoms with E-state index in [9.17, 15) is 4.79 Å². The fourth-order valence-corrected chi connectivity index (χ4v) is 3.61. The Labute approximate surface area is 145 Å². The highest BCUT2D eigenvalue weighted by molar-refractivity contribution is 7.15. The molecule has 1 aliphatic heterocycles. The summed E-state index contributed by atoms with van der Waals surface area (Å²) in [6.45, 7) is 5.97. The molecule has 2 aromatic heterocycles. The molecular formula is C15H23N7OS. The van der Waals surface area contributed by atoms with Crippen LogP contribution in [0.4, 0.5) is 5.13 Å². The standard InChI is InChI=1S/C15H23N7OS/c1-3-4-5-12-18-20-15(24-12)17-14(23)13-10(2)22(21-19-13)11-6-8-16-9-7-11/h11,16H,3-9H2,1-2H3,(H,17,20,23). The van der Waals surface area contributed by atoms with E-state index in [-0.39, 0.29) is 5.91 Å². The number of aryl methyl sites for hydroxylation is 1. The van der Waals surface area contributed by atoms with Crippen LogP contribution in [-0.2, 0) is 6.42 Å². The number of unbranched alkanes of at least 4 members (excludes halogenated alkanes) is 1. The van der Waals surface area contributed by atoms with Crippen molar-refractivity contribution in [3.8, 4) is 0 Å². The molecule has 0 atom stereocenters. The topological polar surface area (TPSA) is 97.6 Å². The van der Waals surface area contributed by atoms with Crippen molar-refractivity contribution < 1.29 is 4.79 Å². The second-order valence-corrected chi connectivity index (χ2v) is 7.07. The van der Waals surface area contributed by atoms with Crippen molar-refractivity contribution in [2.75, 3.05) is 18.4 Å². The minimum absolute atomic E-state index is 0.272. The third-order valence-corrected chi connectivity index (χ3v) is 5.13. The lowest BCUT2D eigenvalue weighted by Gasteiger charge is -2.23. The Morgan fingerprint density at radius 1 is 1.33 bits per heavy atom. The van der Waals surface area contributed by atoms with E-state index < -0.39 is 0 Å². The van der Waals surface area contributed by atoms with Gasteiger partial charge in [0, 0.05) is 6.42 Å². The molecule has 24 heavy (non-hydrogen) atoms. The zero-order chi connectivity index (χ0) is 16.9. The van der Waals surface area contributed by atoms with Crippen LogP contribution in [0.25, 0.3) is 0 Å². The maximum Gasteiger partial charge on any atom is 0.279 e. The predicted octanol–water partition coefficient (Wildman–Crippen LogP) is 1.96. The van der Waals surface area contributed by atoms with Gasteiger partial charge in [0.1, 0.15) is 5.01 Å². The van der Waals surface area contributed by atoms with Gasteiger partial charge in [0.25, 0.3) is 5.91 Å². The van der Waals surface area contributed by atoms with Gasteiger partial charge < -0.3 is 5.32 Å². The van der Waals surface area contributed by atoms with Crippen molar-refractivity contribution in [3.63, 3.8) is 0 Å². The monoisotopic (exact) mass is 349 g/mol. The van der Waals surface area contributed by atoms with E-state index in [0.717, 1.165) is 55.9 Å². The summed E-state index contributed by atoms with van der Waals surface area (Å²) < 4.78 is 1.88. The summed E-state index contributed by atoms with van der Waals surface area (Å²) in [7, 11) is 0. The van der Waals surface area contributed by atoms with Crippen LogP contribution >= 0.6 is 11.3 Å². The molecule has 0 bridgehead atoms. The molecule has 0 aliphatic carbocycles. The highest BCUT2D eigenvalue weighted by Crippen LogP contribution is 2.22. The first-order valence-electron chi connectivity index (χ1n) is 8.45. The van der Waals surface area contributed by atoms with Gasteiger partial charge in [-0.3, -0.25) is 10.1 Å². The largest absolute Gasteiger partial charge is 0.317 e. The van der Waals surface area contributed by atoms with Crippen molar-refractivity contribution in [1.29, 1.82) is 0 Å². The molecule has 2 N–H and O–H groups in total. The lowest BCUT2D eigenvalue weighted by Crippen LogP contribution is -2.30. The minimum Gasteiger partial charge on any atom is -0.317 e. The van der Waals surface area contributed by atoms with Crippen molar-refractivity contribution in [3.05, 3.63) is 16.4 Å². The second-order valence-electron chi connectivity index (χ2n) is 6.01. The fourth-order valence-electron chi connectivity index (χ4n) is 2.84. The number of nitrogens with zero attached hydrogens (tertiary/aromatic N) is 5. The van der Waals surface area contributed by atoms with Crippen LogP contribution in [0.5, 0.6) is 0 Å². The van der Waals surface area contributed by atoms with Crippen LogP contribution < -0.4 is 10.6 Å². The average Bonchev–Trinajstić information content (AvgIpc) is 3.20. The van der Waals surface area contributed by atoms with Gasteiger partial charge >= 0.3 is 0 Å². The summed E-state index contributed by atoms with van der Waals surface area (Å²) in [6.07, 6.45) is 5.09. The Hall–Kier alpha value is -1.87. The van der Waals surface area contributed by atoms with Gasteiger partial charge in [-0.25, -0.2) is 4.68 Å². The summed E-state index contributed by atoms with van der Waals surface area (Å²) in [5.41, 5.74) is 1.16. The fraction of sp³-hybridized carbons (Fsp3) is 0.667. The van der Waals surface area contributed by atoms with E-state index in [1.807, 2.05) is 11.6 Å². The first-order chi connectivity index (χ1) is 11.7. The molecule has 130 valence electrons. The minimum atomic E-state index is -0.272. The van der Waals surface area contributed by atoms with Crippen LogP contribution in [-0.4, -0.2) is 44.2 Å². The molecule has 8 nitrogen and oxygen atoms in total.